The lowest BCUT2D eigenvalue weighted by molar-refractivity contribution is -0.138. The van der Waals surface area contributed by atoms with E-state index in [0.29, 0.717) is 6.54 Å². The van der Waals surface area contributed by atoms with Gasteiger partial charge in [0.15, 0.2) is 17.7 Å². The lowest BCUT2D eigenvalue weighted by atomic mass is 10.2. The van der Waals surface area contributed by atoms with Gasteiger partial charge in [-0.1, -0.05) is 24.3 Å². The van der Waals surface area contributed by atoms with Crippen LogP contribution < -0.4 is 9.47 Å². The molecule has 0 bridgehead atoms. The van der Waals surface area contributed by atoms with Crippen LogP contribution in [0.15, 0.2) is 48.5 Å². The summed E-state index contributed by atoms with van der Waals surface area (Å²) in [5, 5.41) is -0.0647. The van der Waals surface area contributed by atoms with Gasteiger partial charge >= 0.3 is 0 Å². The van der Waals surface area contributed by atoms with E-state index in [9.17, 15) is 9.18 Å². The molecule has 1 fully saturated rings. The smallest absolute Gasteiger partial charge is 0.264 e. The molecule has 6 heteroatoms. The molecule has 0 radical (unpaired) electrons. The largest absolute Gasteiger partial charge is 0.497 e. The van der Waals surface area contributed by atoms with E-state index in [4.69, 9.17) is 9.47 Å². The first-order chi connectivity index (χ1) is 12.1. The predicted octanol–water partition coefficient (Wildman–Crippen LogP) is 3.88. The molecular weight excluding hydrogens is 341 g/mol. The zero-order valence-electron chi connectivity index (χ0n) is 14.1. The molecule has 0 aliphatic carbocycles. The fourth-order valence-corrected chi connectivity index (χ4v) is 4.02. The summed E-state index contributed by atoms with van der Waals surface area (Å²) in [4.78, 5) is 14.6. The number of rotatable bonds is 5. The molecule has 132 valence electrons. The minimum Gasteiger partial charge on any atom is -0.497 e. The van der Waals surface area contributed by atoms with Gasteiger partial charge in [-0.15, -0.1) is 11.8 Å². The van der Waals surface area contributed by atoms with Crippen LogP contribution in [0, 0.1) is 5.82 Å². The van der Waals surface area contributed by atoms with Gasteiger partial charge in [0.1, 0.15) is 11.1 Å². The average molecular weight is 361 g/mol. The van der Waals surface area contributed by atoms with Crippen molar-refractivity contribution in [3.05, 3.63) is 59.9 Å². The highest BCUT2D eigenvalue weighted by atomic mass is 32.2. The molecule has 2 aromatic carbocycles. The molecule has 0 N–H and O–H groups in total. The molecule has 2 unspecified atom stereocenters. The number of thioether (sulfide) groups is 1. The summed E-state index contributed by atoms with van der Waals surface area (Å²) in [7, 11) is 1.62. The SMILES string of the molecule is COc1ccc(C2SCCN2C(=O)C(C)Oc2ccccc2F)cc1. The van der Waals surface area contributed by atoms with E-state index in [1.54, 1.807) is 42.8 Å². The summed E-state index contributed by atoms with van der Waals surface area (Å²) in [5.74, 6) is 1.12. The maximum absolute atomic E-state index is 13.7. The van der Waals surface area contributed by atoms with Crippen molar-refractivity contribution in [2.24, 2.45) is 0 Å². The van der Waals surface area contributed by atoms with Crippen LogP contribution >= 0.6 is 11.8 Å². The molecule has 0 saturated carbocycles. The Hall–Kier alpha value is -2.21. The fourth-order valence-electron chi connectivity index (χ4n) is 2.76. The predicted molar refractivity (Wildman–Crippen MR) is 96.4 cm³/mol. The van der Waals surface area contributed by atoms with Gasteiger partial charge in [0, 0.05) is 12.3 Å². The summed E-state index contributed by atoms with van der Waals surface area (Å²) in [6.45, 7) is 2.30. The Balaban J connectivity index is 1.72. The number of hydrogen-bond acceptors (Lipinski definition) is 4. The van der Waals surface area contributed by atoms with Crippen molar-refractivity contribution in [1.82, 2.24) is 4.90 Å². The fraction of sp³-hybridized carbons (Fsp3) is 0.316. The summed E-state index contributed by atoms with van der Waals surface area (Å²) in [5.41, 5.74) is 1.04. The van der Waals surface area contributed by atoms with E-state index in [2.05, 4.69) is 0 Å². The summed E-state index contributed by atoms with van der Waals surface area (Å²) >= 11 is 1.71. The van der Waals surface area contributed by atoms with Crippen molar-refractivity contribution < 1.29 is 18.7 Å². The summed E-state index contributed by atoms with van der Waals surface area (Å²) < 4.78 is 24.5. The number of carbonyl (C=O) groups is 1. The molecule has 3 rings (SSSR count). The molecule has 25 heavy (non-hydrogen) atoms. The third kappa shape index (κ3) is 3.90. The van der Waals surface area contributed by atoms with Gasteiger partial charge in [-0.3, -0.25) is 4.79 Å². The van der Waals surface area contributed by atoms with Crippen LogP contribution in [0.25, 0.3) is 0 Å². The van der Waals surface area contributed by atoms with Gasteiger partial charge in [0.25, 0.3) is 5.91 Å². The number of carbonyl (C=O) groups excluding carboxylic acids is 1. The third-order valence-electron chi connectivity index (χ3n) is 4.06. The molecule has 2 aromatic rings. The maximum atomic E-state index is 13.7. The molecule has 1 saturated heterocycles. The molecular formula is C19H20FNO3S. The number of nitrogens with zero attached hydrogens (tertiary/aromatic N) is 1. The number of ether oxygens (including phenoxy) is 2. The van der Waals surface area contributed by atoms with Crippen molar-refractivity contribution in [3.63, 3.8) is 0 Å². The number of amides is 1. The number of methoxy groups -OCH3 is 1. The molecule has 1 heterocycles. The minimum absolute atomic E-state index is 0.0647. The Morgan fingerprint density at radius 2 is 1.96 bits per heavy atom. The van der Waals surface area contributed by atoms with E-state index < -0.39 is 11.9 Å². The molecule has 0 spiro atoms. The normalized spacial score (nSPS) is 18.0. The molecule has 1 aliphatic heterocycles. The Kier molecular flexibility index (Phi) is 5.48. The molecule has 0 aromatic heterocycles. The van der Waals surface area contributed by atoms with Crippen LogP contribution in [0.4, 0.5) is 4.39 Å². The van der Waals surface area contributed by atoms with Gasteiger partial charge < -0.3 is 14.4 Å². The zero-order valence-corrected chi connectivity index (χ0v) is 15.0. The second-order valence-corrected chi connectivity index (χ2v) is 6.91. The third-order valence-corrected chi connectivity index (χ3v) is 5.32. The van der Waals surface area contributed by atoms with E-state index >= 15 is 0 Å². The Labute approximate surface area is 150 Å². The number of benzene rings is 2. The molecule has 1 aliphatic rings. The molecule has 1 amide bonds. The van der Waals surface area contributed by atoms with Crippen LogP contribution in [0.3, 0.4) is 0 Å². The Bertz CT molecular complexity index is 738. The van der Waals surface area contributed by atoms with Crippen molar-refractivity contribution in [2.45, 2.75) is 18.4 Å². The average Bonchev–Trinajstić information content (AvgIpc) is 3.12. The lowest BCUT2D eigenvalue weighted by Crippen LogP contribution is -2.40. The molecule has 4 nitrogen and oxygen atoms in total. The van der Waals surface area contributed by atoms with Gasteiger partial charge in [0.05, 0.1) is 7.11 Å². The van der Waals surface area contributed by atoms with Crippen molar-refractivity contribution in [3.8, 4) is 11.5 Å². The van der Waals surface area contributed by atoms with Crippen LogP contribution in [-0.4, -0.2) is 36.3 Å². The highest BCUT2D eigenvalue weighted by Crippen LogP contribution is 2.39. The van der Waals surface area contributed by atoms with E-state index in [1.165, 1.54) is 12.1 Å². The van der Waals surface area contributed by atoms with Crippen LogP contribution in [0.5, 0.6) is 11.5 Å². The number of halogens is 1. The topological polar surface area (TPSA) is 38.8 Å². The zero-order chi connectivity index (χ0) is 17.8. The quantitative estimate of drug-likeness (QED) is 0.810. The van der Waals surface area contributed by atoms with E-state index in [-0.39, 0.29) is 17.0 Å². The van der Waals surface area contributed by atoms with Crippen LogP contribution in [0.1, 0.15) is 17.9 Å². The summed E-state index contributed by atoms with van der Waals surface area (Å²) in [6, 6.07) is 13.8. The Morgan fingerprint density at radius 3 is 2.64 bits per heavy atom. The Morgan fingerprint density at radius 1 is 1.24 bits per heavy atom. The van der Waals surface area contributed by atoms with E-state index in [1.807, 2.05) is 24.3 Å². The van der Waals surface area contributed by atoms with Crippen molar-refractivity contribution in [1.29, 1.82) is 0 Å². The van der Waals surface area contributed by atoms with E-state index in [0.717, 1.165) is 17.1 Å². The van der Waals surface area contributed by atoms with Gasteiger partial charge in [-0.2, -0.15) is 0 Å². The highest BCUT2D eigenvalue weighted by molar-refractivity contribution is 7.99. The van der Waals surface area contributed by atoms with Crippen molar-refractivity contribution in [2.75, 3.05) is 19.4 Å². The molecule has 2 atom stereocenters. The first kappa shape index (κ1) is 17.6. The van der Waals surface area contributed by atoms with Crippen LogP contribution in [0.2, 0.25) is 0 Å². The van der Waals surface area contributed by atoms with Crippen molar-refractivity contribution >= 4 is 17.7 Å². The second-order valence-electron chi connectivity index (χ2n) is 5.72. The highest BCUT2D eigenvalue weighted by Gasteiger charge is 2.34. The lowest BCUT2D eigenvalue weighted by Gasteiger charge is -2.27. The van der Waals surface area contributed by atoms with Crippen LogP contribution in [-0.2, 0) is 4.79 Å². The number of hydrogen-bond donors (Lipinski definition) is 0. The van der Waals surface area contributed by atoms with Gasteiger partial charge in [-0.05, 0) is 36.8 Å². The monoisotopic (exact) mass is 361 g/mol. The number of para-hydroxylation sites is 1. The van der Waals surface area contributed by atoms with Gasteiger partial charge in [0.2, 0.25) is 0 Å². The maximum Gasteiger partial charge on any atom is 0.264 e. The standard InChI is InChI=1S/C19H20FNO3S/c1-13(24-17-6-4-3-5-16(17)20)18(22)21-11-12-25-19(21)14-7-9-15(23-2)10-8-14/h3-10,13,19H,11-12H2,1-2H3. The summed E-state index contributed by atoms with van der Waals surface area (Å²) in [6.07, 6.45) is -0.753. The van der Waals surface area contributed by atoms with Gasteiger partial charge in [-0.25, -0.2) is 4.39 Å². The second kappa shape index (κ2) is 7.78. The first-order valence-corrected chi connectivity index (χ1v) is 9.12. The minimum atomic E-state index is -0.753. The first-order valence-electron chi connectivity index (χ1n) is 8.07.